The summed E-state index contributed by atoms with van der Waals surface area (Å²) in [5.41, 5.74) is 1.99. The van der Waals surface area contributed by atoms with Crippen molar-refractivity contribution in [3.8, 4) is 17.1 Å². The Balaban J connectivity index is 0.00000304. The number of hydrogen-bond donors (Lipinski definition) is 3. The molecule has 0 bridgehead atoms. The van der Waals surface area contributed by atoms with Crippen molar-refractivity contribution in [1.29, 1.82) is 0 Å². The summed E-state index contributed by atoms with van der Waals surface area (Å²) >= 11 is 0. The van der Waals surface area contributed by atoms with Crippen molar-refractivity contribution in [2.45, 2.75) is 68.8 Å². The first kappa shape index (κ1) is 26.6. The van der Waals surface area contributed by atoms with Crippen molar-refractivity contribution in [3.05, 3.63) is 34.2 Å². The van der Waals surface area contributed by atoms with Crippen molar-refractivity contribution < 1.29 is 13.2 Å². The van der Waals surface area contributed by atoms with Crippen LogP contribution in [0, 0.1) is 6.92 Å². The lowest BCUT2D eigenvalue weighted by atomic mass is 9.95. The number of piperidine rings is 1. The molecule has 0 radical (unpaired) electrons. The third-order valence-corrected chi connectivity index (χ3v) is 8.56. The van der Waals surface area contributed by atoms with Crippen molar-refractivity contribution in [2.75, 3.05) is 20.2 Å². The number of fused-ring (bicyclic) bond motifs is 1. The molecule has 0 atom stereocenters. The first-order valence-corrected chi connectivity index (χ1v) is 13.8. The average molecular weight is 537 g/mol. The number of rotatable bonds is 6. The van der Waals surface area contributed by atoms with E-state index in [9.17, 15) is 13.2 Å². The Morgan fingerprint density at radius 3 is 2.53 bits per heavy atom. The van der Waals surface area contributed by atoms with Gasteiger partial charge in [0.2, 0.25) is 10.0 Å². The summed E-state index contributed by atoms with van der Waals surface area (Å²) < 4.78 is 36.1. The summed E-state index contributed by atoms with van der Waals surface area (Å²) in [5.74, 6) is 0.638. The van der Waals surface area contributed by atoms with Crippen LogP contribution < -0.4 is 20.3 Å². The maximum atomic E-state index is 13.2. The number of H-pyrrole nitrogens is 1. The highest BCUT2D eigenvalue weighted by atomic mass is 35.5. The van der Waals surface area contributed by atoms with Gasteiger partial charge in [-0.15, -0.1) is 12.4 Å². The number of aromatic amines is 1. The number of ether oxygens (including phenoxy) is 1. The van der Waals surface area contributed by atoms with E-state index in [1.807, 2.05) is 11.6 Å². The molecule has 1 saturated carbocycles. The fraction of sp³-hybridized carbons (Fsp3) is 0.542. The predicted octanol–water partition coefficient (Wildman–Crippen LogP) is 3.06. The SMILES string of the molecule is COc1cc(S(=O)(=O)NC2CCNCC2)ccc1-c1nc2c(C)nn(C3CCCCC3)c2c(=O)[nH]1.Cl. The molecule has 2 fully saturated rings. The number of hydrogen-bond acceptors (Lipinski definition) is 7. The topological polar surface area (TPSA) is 131 Å². The van der Waals surface area contributed by atoms with E-state index in [4.69, 9.17) is 9.72 Å². The van der Waals surface area contributed by atoms with Crippen LogP contribution in [-0.2, 0) is 10.0 Å². The van der Waals surface area contributed by atoms with Gasteiger partial charge in [0.1, 0.15) is 17.1 Å². The highest BCUT2D eigenvalue weighted by Crippen LogP contribution is 2.33. The summed E-state index contributed by atoms with van der Waals surface area (Å²) in [6.45, 7) is 3.43. The van der Waals surface area contributed by atoms with Gasteiger partial charge in [-0.2, -0.15) is 5.10 Å². The molecule has 1 aliphatic heterocycles. The van der Waals surface area contributed by atoms with Gasteiger partial charge in [0.25, 0.3) is 5.56 Å². The quantitative estimate of drug-likeness (QED) is 0.441. The summed E-state index contributed by atoms with van der Waals surface area (Å²) in [7, 11) is -2.24. The van der Waals surface area contributed by atoms with Crippen molar-refractivity contribution in [3.63, 3.8) is 0 Å². The van der Waals surface area contributed by atoms with Crippen LogP contribution in [0.3, 0.4) is 0 Å². The van der Waals surface area contributed by atoms with Gasteiger partial charge in [0.15, 0.2) is 5.52 Å². The van der Waals surface area contributed by atoms with E-state index < -0.39 is 10.0 Å². The first-order chi connectivity index (χ1) is 16.9. The van der Waals surface area contributed by atoms with E-state index >= 15 is 0 Å². The minimum atomic E-state index is -3.71. The second-order valence-corrected chi connectivity index (χ2v) is 11.2. The smallest absolute Gasteiger partial charge is 0.277 e. The van der Waals surface area contributed by atoms with Gasteiger partial charge < -0.3 is 15.0 Å². The van der Waals surface area contributed by atoms with Crippen LogP contribution in [0.1, 0.15) is 56.7 Å². The van der Waals surface area contributed by atoms with Crippen molar-refractivity contribution in [1.82, 2.24) is 29.8 Å². The number of halogens is 1. The summed E-state index contributed by atoms with van der Waals surface area (Å²) in [6.07, 6.45) is 6.98. The second-order valence-electron chi connectivity index (χ2n) is 9.44. The number of nitrogens with zero attached hydrogens (tertiary/aromatic N) is 3. The summed E-state index contributed by atoms with van der Waals surface area (Å²) in [4.78, 5) is 20.9. The molecule has 196 valence electrons. The zero-order valence-electron chi connectivity index (χ0n) is 20.5. The summed E-state index contributed by atoms with van der Waals surface area (Å²) in [6, 6.07) is 4.72. The predicted molar refractivity (Wildman–Crippen MR) is 140 cm³/mol. The molecule has 0 amide bonds. The van der Waals surface area contributed by atoms with E-state index in [1.54, 1.807) is 6.07 Å². The fourth-order valence-corrected chi connectivity index (χ4v) is 6.49. The van der Waals surface area contributed by atoms with Gasteiger partial charge in [-0.05, 0) is 57.8 Å². The standard InChI is InChI=1S/C24H32N6O4S.ClH/c1-15-21-22(30(28-15)17-6-4-3-5-7-17)24(31)27-23(26-21)19-9-8-18(14-20(19)34-2)35(32,33)29-16-10-12-25-13-11-16;/h8-9,14,16-17,25,29H,3-7,10-13H2,1-2H3,(H,26,27,31);1H. The fourth-order valence-electron chi connectivity index (χ4n) is 5.17. The number of aryl methyl sites for hydroxylation is 1. The number of aromatic nitrogens is 4. The molecule has 2 aromatic heterocycles. The highest BCUT2D eigenvalue weighted by molar-refractivity contribution is 7.89. The largest absolute Gasteiger partial charge is 0.496 e. The van der Waals surface area contributed by atoms with Gasteiger partial charge >= 0.3 is 0 Å². The van der Waals surface area contributed by atoms with Crippen molar-refractivity contribution >= 4 is 33.5 Å². The third-order valence-electron chi connectivity index (χ3n) is 7.04. The first-order valence-electron chi connectivity index (χ1n) is 12.3. The van der Waals surface area contributed by atoms with Crippen LogP contribution in [0.5, 0.6) is 5.75 Å². The Bertz CT molecular complexity index is 1390. The second kappa shape index (κ2) is 10.9. The van der Waals surface area contributed by atoms with Crippen LogP contribution in [0.25, 0.3) is 22.4 Å². The van der Waals surface area contributed by atoms with E-state index in [0.29, 0.717) is 33.9 Å². The molecule has 1 aromatic carbocycles. The lowest BCUT2D eigenvalue weighted by Crippen LogP contribution is -2.42. The maximum absolute atomic E-state index is 13.2. The van der Waals surface area contributed by atoms with E-state index in [0.717, 1.165) is 51.6 Å². The van der Waals surface area contributed by atoms with Crippen LogP contribution in [-0.4, -0.2) is 54.4 Å². The molecule has 36 heavy (non-hydrogen) atoms. The van der Waals surface area contributed by atoms with Gasteiger partial charge in [0.05, 0.1) is 29.3 Å². The van der Waals surface area contributed by atoms with Crippen LogP contribution >= 0.6 is 12.4 Å². The Hall–Kier alpha value is -2.47. The van der Waals surface area contributed by atoms with Crippen LogP contribution in [0.15, 0.2) is 27.9 Å². The number of nitrogens with one attached hydrogen (secondary N) is 3. The van der Waals surface area contributed by atoms with Crippen LogP contribution in [0.2, 0.25) is 0 Å². The van der Waals surface area contributed by atoms with Crippen LogP contribution in [0.4, 0.5) is 0 Å². The number of sulfonamides is 1. The van der Waals surface area contributed by atoms with Gasteiger partial charge in [-0.25, -0.2) is 18.1 Å². The molecular formula is C24H33ClN6O4S. The number of methoxy groups -OCH3 is 1. The van der Waals surface area contributed by atoms with E-state index in [2.05, 4.69) is 20.1 Å². The minimum absolute atomic E-state index is 0. The molecule has 3 N–H and O–H groups in total. The number of benzene rings is 1. The molecule has 0 unspecified atom stereocenters. The zero-order valence-corrected chi connectivity index (χ0v) is 22.2. The molecule has 1 aliphatic carbocycles. The molecule has 0 spiro atoms. The highest BCUT2D eigenvalue weighted by Gasteiger charge is 2.25. The Morgan fingerprint density at radius 1 is 1.11 bits per heavy atom. The van der Waals surface area contributed by atoms with Gasteiger partial charge in [-0.3, -0.25) is 9.48 Å². The Morgan fingerprint density at radius 2 is 1.83 bits per heavy atom. The lowest BCUT2D eigenvalue weighted by Gasteiger charge is -2.23. The zero-order chi connectivity index (χ0) is 24.6. The molecule has 10 nitrogen and oxygen atoms in total. The normalized spacial score (nSPS) is 17.7. The van der Waals surface area contributed by atoms with Gasteiger partial charge in [0, 0.05) is 12.1 Å². The lowest BCUT2D eigenvalue weighted by molar-refractivity contribution is 0.336. The molecule has 3 aromatic rings. The third kappa shape index (κ3) is 5.15. The van der Waals surface area contributed by atoms with E-state index in [1.165, 1.54) is 25.7 Å². The van der Waals surface area contributed by atoms with E-state index in [-0.39, 0.29) is 34.9 Å². The monoisotopic (exact) mass is 536 g/mol. The Kier molecular flexibility index (Phi) is 8.03. The molecule has 5 rings (SSSR count). The maximum Gasteiger partial charge on any atom is 0.277 e. The van der Waals surface area contributed by atoms with Gasteiger partial charge in [-0.1, -0.05) is 19.3 Å². The molecule has 3 heterocycles. The summed E-state index contributed by atoms with van der Waals surface area (Å²) in [5, 5.41) is 7.89. The average Bonchev–Trinajstić information content (AvgIpc) is 3.21. The minimum Gasteiger partial charge on any atom is -0.496 e. The molecular weight excluding hydrogens is 504 g/mol. The molecule has 12 heteroatoms. The molecule has 1 saturated heterocycles. The Labute approximate surface area is 216 Å². The molecule has 2 aliphatic rings. The van der Waals surface area contributed by atoms with Crippen molar-refractivity contribution in [2.24, 2.45) is 0 Å².